The number of halogens is 17. The van der Waals surface area contributed by atoms with E-state index in [-0.39, 0.29) is 0 Å². The third-order valence-electron chi connectivity index (χ3n) is 3.15. The fourth-order valence-corrected chi connectivity index (χ4v) is 3.66. The first-order chi connectivity index (χ1) is 14.6. The minimum absolute atomic E-state index is 0.669. The second-order valence-electron chi connectivity index (χ2n) is 5.60. The molecule has 0 spiro atoms. The Morgan fingerprint density at radius 2 is 0.912 bits per heavy atom. The molecule has 0 aliphatic heterocycles. The summed E-state index contributed by atoms with van der Waals surface area (Å²) in [5.41, 5.74) is -5.53. The largest absolute Gasteiger partial charge is 0.522 e. The Bertz CT molecular complexity index is 924. The van der Waals surface area contributed by atoms with E-state index in [2.05, 4.69) is 0 Å². The van der Waals surface area contributed by atoms with Crippen molar-refractivity contribution < 1.29 is 104 Å². The number of hydrogen-bond donors (Lipinski definition) is 1. The van der Waals surface area contributed by atoms with Gasteiger partial charge in [0, 0.05) is 0 Å². The van der Waals surface area contributed by atoms with E-state index in [1.807, 2.05) is 0 Å². The van der Waals surface area contributed by atoms with Crippen LogP contribution >= 0.6 is 0 Å². The molecular weight excluding hydrogens is 667 g/mol. The maximum atomic E-state index is 13.6. The van der Waals surface area contributed by atoms with Gasteiger partial charge in [-0.15, -0.1) is 0 Å². The standard InChI is InChI=1S/C12H5F13I.CHF3O3S/c13-7(14,9(17,18)11(21,22)23)8(15,16)10(19,20)12(24,25)26-6-4-2-1-3-5-6;2-1(3,4)8(5,6)7/h1-5H;(H,5,6,7)/q-1;. The van der Waals surface area contributed by atoms with Gasteiger partial charge in [0.2, 0.25) is 0 Å². The van der Waals surface area contributed by atoms with Crippen LogP contribution in [0.5, 0.6) is 0 Å². The summed E-state index contributed by atoms with van der Waals surface area (Å²) in [6, 6.07) is 4.72. The molecule has 1 rings (SSSR count). The molecule has 0 aromatic heterocycles. The second kappa shape index (κ2) is 9.65. The van der Waals surface area contributed by atoms with E-state index in [1.165, 1.54) is 6.07 Å². The SMILES string of the molecule is FC(F)(F)C(F)(F)C(F)(F)C(F)(F)C(F)(F)C(F)(F)[I-]c1ccccc1.O=S(=O)(O)C(F)(F)F. The number of alkyl halides is 17. The van der Waals surface area contributed by atoms with Crippen molar-refractivity contribution in [1.82, 2.24) is 0 Å². The van der Waals surface area contributed by atoms with Gasteiger partial charge in [-0.25, -0.2) is 0 Å². The summed E-state index contributed by atoms with van der Waals surface area (Å²) in [5.74, 6) is -30.4. The van der Waals surface area contributed by atoms with Crippen LogP contribution in [0.15, 0.2) is 30.3 Å². The van der Waals surface area contributed by atoms with Crippen molar-refractivity contribution in [3.05, 3.63) is 33.9 Å². The molecule has 34 heavy (non-hydrogen) atoms. The fraction of sp³-hybridized carbons (Fsp3) is 0.538. The van der Waals surface area contributed by atoms with Gasteiger partial charge in [0.15, 0.2) is 0 Å². The van der Waals surface area contributed by atoms with Crippen molar-refractivity contribution in [3.63, 3.8) is 0 Å². The molecule has 0 saturated carbocycles. The third kappa shape index (κ3) is 6.29. The van der Waals surface area contributed by atoms with Gasteiger partial charge in [-0.1, -0.05) is 0 Å². The first-order valence-corrected chi connectivity index (χ1v) is 10.9. The van der Waals surface area contributed by atoms with Crippen LogP contribution in [0.3, 0.4) is 0 Å². The van der Waals surface area contributed by atoms with Gasteiger partial charge in [-0.05, 0) is 0 Å². The zero-order valence-corrected chi connectivity index (χ0v) is 18.0. The summed E-state index contributed by atoms with van der Waals surface area (Å²) in [6.07, 6.45) is -7.39. The summed E-state index contributed by atoms with van der Waals surface area (Å²) in [6.45, 7) is 0. The van der Waals surface area contributed by atoms with Gasteiger partial charge in [0.05, 0.1) is 0 Å². The first kappa shape index (κ1) is 32.7. The van der Waals surface area contributed by atoms with Crippen molar-refractivity contribution in [2.75, 3.05) is 0 Å². The van der Waals surface area contributed by atoms with Crippen LogP contribution < -0.4 is 21.2 Å². The molecule has 202 valence electrons. The monoisotopic (exact) mass is 673 g/mol. The Morgan fingerprint density at radius 3 is 1.21 bits per heavy atom. The molecule has 0 unspecified atom stereocenters. The predicted molar refractivity (Wildman–Crippen MR) is 73.5 cm³/mol. The molecule has 0 radical (unpaired) electrons. The van der Waals surface area contributed by atoms with Crippen LogP contribution in [-0.4, -0.2) is 52.3 Å². The van der Waals surface area contributed by atoms with Gasteiger partial charge in [0.25, 0.3) is 0 Å². The van der Waals surface area contributed by atoms with E-state index >= 15 is 0 Å². The molecule has 0 bridgehead atoms. The average molecular weight is 673 g/mol. The van der Waals surface area contributed by atoms with Crippen molar-refractivity contribution in [2.45, 2.75) is 39.3 Å². The molecule has 1 N–H and O–H groups in total. The smallest absolute Gasteiger partial charge is 0.279 e. The van der Waals surface area contributed by atoms with Crippen LogP contribution in [0.1, 0.15) is 0 Å². The van der Waals surface area contributed by atoms with E-state index in [0.717, 1.165) is 24.3 Å². The normalized spacial score (nSPS) is 15.1. The van der Waals surface area contributed by atoms with E-state index in [9.17, 15) is 70.2 Å². The van der Waals surface area contributed by atoms with Crippen LogP contribution in [0.4, 0.5) is 70.2 Å². The molecule has 0 atom stereocenters. The van der Waals surface area contributed by atoms with Crippen LogP contribution in [-0.2, 0) is 10.1 Å². The maximum Gasteiger partial charge on any atom is 0.522 e. The Hall–Kier alpha value is -1.26. The number of rotatable bonds is 6. The zero-order valence-electron chi connectivity index (χ0n) is 15.0. The summed E-state index contributed by atoms with van der Waals surface area (Å²) in [4.78, 5) is 0. The van der Waals surface area contributed by atoms with Crippen molar-refractivity contribution >= 4 is 10.1 Å². The van der Waals surface area contributed by atoms with Gasteiger partial charge >= 0.3 is 162 Å². The molecular formula is C13H6F16IO3S-. The Labute approximate surface area is 188 Å². The molecule has 3 nitrogen and oxygen atoms in total. The van der Waals surface area contributed by atoms with Crippen LogP contribution in [0.2, 0.25) is 0 Å². The fourth-order valence-electron chi connectivity index (χ4n) is 1.42. The Balaban J connectivity index is 0.00000116. The van der Waals surface area contributed by atoms with E-state index in [4.69, 9.17) is 13.0 Å². The molecule has 0 aliphatic carbocycles. The minimum atomic E-state index is -7.84. The molecule has 0 aliphatic rings. The first-order valence-electron chi connectivity index (χ1n) is 7.28. The quantitative estimate of drug-likeness (QED) is 0.166. The van der Waals surface area contributed by atoms with E-state index in [1.54, 1.807) is 0 Å². The molecule has 1 aromatic rings. The third-order valence-corrected chi connectivity index (χ3v) is 6.43. The number of hydrogen-bond acceptors (Lipinski definition) is 2. The minimum Gasteiger partial charge on any atom is -0.279 e. The van der Waals surface area contributed by atoms with Crippen molar-refractivity contribution in [3.8, 4) is 0 Å². The van der Waals surface area contributed by atoms with Gasteiger partial charge in [-0.2, -0.15) is 21.6 Å². The molecule has 0 heterocycles. The maximum absolute atomic E-state index is 13.6. The summed E-state index contributed by atoms with van der Waals surface area (Å²) in [7, 11) is -5.84. The van der Waals surface area contributed by atoms with Crippen LogP contribution in [0, 0.1) is 3.57 Å². The van der Waals surface area contributed by atoms with Gasteiger partial charge in [0.1, 0.15) is 0 Å². The molecule has 0 saturated heterocycles. The molecule has 21 heteroatoms. The summed E-state index contributed by atoms with van der Waals surface area (Å²) < 4.78 is 218. The Morgan fingerprint density at radius 1 is 0.588 bits per heavy atom. The van der Waals surface area contributed by atoms with Crippen molar-refractivity contribution in [2.24, 2.45) is 0 Å². The second-order valence-corrected chi connectivity index (χ2v) is 10.2. The molecule has 0 amide bonds. The van der Waals surface area contributed by atoms with Crippen LogP contribution in [0.25, 0.3) is 0 Å². The number of benzene rings is 1. The van der Waals surface area contributed by atoms with Gasteiger partial charge in [-0.3, -0.25) is 4.55 Å². The summed E-state index contributed by atoms with van der Waals surface area (Å²) >= 11 is -3.51. The molecule has 1 aromatic carbocycles. The molecule has 0 fully saturated rings. The zero-order chi connectivity index (χ0) is 27.8. The average Bonchev–Trinajstić information content (AvgIpc) is 2.59. The summed E-state index contributed by atoms with van der Waals surface area (Å²) in [5, 5.41) is 0. The van der Waals surface area contributed by atoms with Crippen molar-refractivity contribution in [1.29, 1.82) is 0 Å². The Kier molecular flexibility index (Phi) is 9.30. The predicted octanol–water partition coefficient (Wildman–Crippen LogP) is 3.04. The topological polar surface area (TPSA) is 54.4 Å². The van der Waals surface area contributed by atoms with E-state index < -0.39 is 74.2 Å². The van der Waals surface area contributed by atoms with Gasteiger partial charge < -0.3 is 0 Å². The van der Waals surface area contributed by atoms with E-state index in [0.29, 0.717) is 0 Å².